The summed E-state index contributed by atoms with van der Waals surface area (Å²) in [4.78, 5) is 37.7. The molecule has 0 saturated carbocycles. The van der Waals surface area contributed by atoms with Gasteiger partial charge in [-0.15, -0.1) is 0 Å². The van der Waals surface area contributed by atoms with E-state index in [1.165, 1.54) is 39.0 Å². The number of nitrogens with zero attached hydrogens (tertiary/aromatic N) is 4. The van der Waals surface area contributed by atoms with Crippen molar-refractivity contribution in [3.8, 4) is 11.6 Å². The largest absolute Gasteiger partial charge is 0.479 e. The molecule has 2 aromatic carbocycles. The predicted molar refractivity (Wildman–Crippen MR) is 188 cm³/mol. The fraction of sp³-hybridized carbons (Fsp3) is 0.500. The average Bonchev–Trinajstić information content (AvgIpc) is 3.66. The summed E-state index contributed by atoms with van der Waals surface area (Å²) >= 11 is 0. The van der Waals surface area contributed by atoms with Crippen LogP contribution in [-0.4, -0.2) is 106 Å². The van der Waals surface area contributed by atoms with Gasteiger partial charge in [-0.25, -0.2) is 9.55 Å². The number of carbonyl (C=O) groups is 2. The van der Waals surface area contributed by atoms with Crippen LogP contribution in [0.5, 0.6) is 11.6 Å². The highest BCUT2D eigenvalue weighted by Gasteiger charge is 2.54. The van der Waals surface area contributed by atoms with E-state index in [-0.39, 0.29) is 40.8 Å². The molecule has 0 amide bonds. The van der Waals surface area contributed by atoms with Gasteiger partial charge in [-0.05, 0) is 49.2 Å². The van der Waals surface area contributed by atoms with Crippen molar-refractivity contribution >= 4 is 47.6 Å². The molecule has 2 fully saturated rings. The summed E-state index contributed by atoms with van der Waals surface area (Å²) < 4.78 is 54.9. The lowest BCUT2D eigenvalue weighted by Gasteiger charge is -2.28. The molecule has 5 N–H and O–H groups in total. The van der Waals surface area contributed by atoms with Crippen molar-refractivity contribution in [1.82, 2.24) is 24.6 Å². The Morgan fingerprint density at radius 3 is 2.55 bits per heavy atom. The molecule has 2 aliphatic heterocycles. The first-order valence-electron chi connectivity index (χ1n) is 16.9. The summed E-state index contributed by atoms with van der Waals surface area (Å²) in [5, 5.41) is 26.8. The molecule has 7 unspecified atom stereocenters. The lowest BCUT2D eigenvalue weighted by atomic mass is 9.96. The average molecular weight is 759 g/mol. The molecule has 0 bridgehead atoms. The topological polar surface area (TPSA) is 238 Å². The van der Waals surface area contributed by atoms with E-state index >= 15 is 0 Å². The van der Waals surface area contributed by atoms with Gasteiger partial charge in [0.05, 0.1) is 46.3 Å². The molecule has 19 heteroatoms. The van der Waals surface area contributed by atoms with Gasteiger partial charge < -0.3 is 44.2 Å². The lowest BCUT2D eigenvalue weighted by molar-refractivity contribution is -0.154. The van der Waals surface area contributed by atoms with Gasteiger partial charge in [-0.3, -0.25) is 18.7 Å². The van der Waals surface area contributed by atoms with Gasteiger partial charge in [0.15, 0.2) is 17.4 Å². The molecule has 4 aromatic rings. The predicted octanol–water partition coefficient (Wildman–Crippen LogP) is 2.76. The zero-order chi connectivity index (χ0) is 38.1. The van der Waals surface area contributed by atoms with Crippen LogP contribution in [0.4, 0.5) is 5.95 Å². The summed E-state index contributed by atoms with van der Waals surface area (Å²) in [5.74, 6) is -1.44. The third-order valence-electron chi connectivity index (χ3n) is 9.29. The molecular weight excluding hydrogens is 715 g/mol. The molecule has 2 saturated heterocycles. The standard InChI is InChI=1S/C34H43N6O12P/c1-18(30(42)47-5)20-6-7-22-15-24(9-8-21(22)14-20)52-53(45,39-19(2)31(43)50-23-10-12-48-13-11-23)49-16-25-27(41)34(3,44)32(51-25)40-17-36-26-28(40)37-33(35)38-29(26)46-4/h6-9,14-15,17-19,23,25,27,32,41,44H,10-13,16H2,1-5H3,(H,39,45)(H2,35,37,38). The molecule has 286 valence electrons. The van der Waals surface area contributed by atoms with Crippen LogP contribution < -0.4 is 20.1 Å². The highest BCUT2D eigenvalue weighted by Crippen LogP contribution is 2.48. The molecule has 4 heterocycles. The summed E-state index contributed by atoms with van der Waals surface area (Å²) in [6.07, 6.45) is -2.08. The van der Waals surface area contributed by atoms with E-state index in [9.17, 15) is 24.4 Å². The van der Waals surface area contributed by atoms with Crippen molar-refractivity contribution in [1.29, 1.82) is 0 Å². The maximum absolute atomic E-state index is 14.5. The third-order valence-corrected chi connectivity index (χ3v) is 10.9. The molecule has 0 radical (unpaired) electrons. The Balaban J connectivity index is 1.24. The van der Waals surface area contributed by atoms with Gasteiger partial charge in [-0.2, -0.15) is 15.1 Å². The number of carbonyl (C=O) groups excluding carboxylic acids is 2. The smallest absolute Gasteiger partial charge is 0.459 e. The van der Waals surface area contributed by atoms with Crippen LogP contribution in [0.3, 0.4) is 0 Å². The number of nitrogens with two attached hydrogens (primary N) is 1. The SMILES string of the molecule is COC(=O)C(C)c1ccc2cc(OP(=O)(NC(C)C(=O)OC3CCOCC3)OCC3OC(n4cnc5c(OC)nc(N)nc54)C(C)(O)C3O)ccc2c1. The number of ether oxygens (including phenoxy) is 5. The van der Waals surface area contributed by atoms with Crippen molar-refractivity contribution < 1.29 is 57.1 Å². The normalized spacial score (nSPS) is 24.4. The summed E-state index contributed by atoms with van der Waals surface area (Å²) in [5.41, 5.74) is 5.08. The minimum absolute atomic E-state index is 0.0998. The molecule has 18 nitrogen and oxygen atoms in total. The second-order valence-electron chi connectivity index (χ2n) is 13.1. The number of esters is 2. The highest BCUT2D eigenvalue weighted by atomic mass is 31.2. The third kappa shape index (κ3) is 8.08. The number of methoxy groups -OCH3 is 2. The van der Waals surface area contributed by atoms with Crippen LogP contribution in [0.15, 0.2) is 42.7 Å². The molecule has 0 spiro atoms. The number of nitrogens with one attached hydrogen (secondary N) is 1. The first-order chi connectivity index (χ1) is 25.2. The molecule has 2 aromatic heterocycles. The number of benzene rings is 2. The number of anilines is 1. The summed E-state index contributed by atoms with van der Waals surface area (Å²) in [6, 6.07) is 9.14. The quantitative estimate of drug-likeness (QED) is 0.113. The molecule has 2 aliphatic rings. The first-order valence-corrected chi connectivity index (χ1v) is 18.5. The van der Waals surface area contributed by atoms with E-state index in [1.54, 1.807) is 37.3 Å². The second-order valence-corrected chi connectivity index (χ2v) is 14.8. The van der Waals surface area contributed by atoms with Crippen LogP contribution in [0.2, 0.25) is 0 Å². The number of hydrogen-bond acceptors (Lipinski definition) is 16. The van der Waals surface area contributed by atoms with Crippen molar-refractivity contribution in [3.05, 3.63) is 48.3 Å². The Hall–Kier alpha value is -4.42. The molecule has 0 aliphatic carbocycles. The maximum atomic E-state index is 14.5. The number of hydrogen-bond donors (Lipinski definition) is 4. The van der Waals surface area contributed by atoms with Crippen LogP contribution in [0, 0.1) is 0 Å². The first kappa shape index (κ1) is 38.3. The van der Waals surface area contributed by atoms with E-state index < -0.39 is 56.3 Å². The van der Waals surface area contributed by atoms with Gasteiger partial charge in [0.1, 0.15) is 35.7 Å². The highest BCUT2D eigenvalue weighted by molar-refractivity contribution is 7.52. The van der Waals surface area contributed by atoms with Gasteiger partial charge in [0, 0.05) is 12.8 Å². The number of imidazole rings is 1. The zero-order valence-corrected chi connectivity index (χ0v) is 30.7. The lowest BCUT2D eigenvalue weighted by Crippen LogP contribution is -2.44. The Morgan fingerprint density at radius 2 is 1.83 bits per heavy atom. The van der Waals surface area contributed by atoms with E-state index in [4.69, 9.17) is 38.5 Å². The number of nitrogen functional groups attached to an aromatic ring is 1. The fourth-order valence-electron chi connectivity index (χ4n) is 6.23. The minimum atomic E-state index is -4.46. The zero-order valence-electron chi connectivity index (χ0n) is 29.8. The van der Waals surface area contributed by atoms with Gasteiger partial charge in [0.2, 0.25) is 11.8 Å². The van der Waals surface area contributed by atoms with Crippen LogP contribution in [0.1, 0.15) is 51.3 Å². The number of fused-ring (bicyclic) bond motifs is 2. The minimum Gasteiger partial charge on any atom is -0.479 e. The van der Waals surface area contributed by atoms with E-state index in [0.717, 1.165) is 10.9 Å². The van der Waals surface area contributed by atoms with Crippen LogP contribution >= 0.6 is 7.75 Å². The number of aliphatic hydroxyl groups is 2. The summed E-state index contributed by atoms with van der Waals surface area (Å²) in [7, 11) is -1.75. The fourth-order valence-corrected chi connectivity index (χ4v) is 7.72. The summed E-state index contributed by atoms with van der Waals surface area (Å²) in [6.45, 7) is 4.89. The Bertz CT molecular complexity index is 2020. The molecule has 7 atom stereocenters. The Labute approximate surface area is 304 Å². The second kappa shape index (κ2) is 15.5. The van der Waals surface area contributed by atoms with E-state index in [2.05, 4.69) is 20.0 Å². The Morgan fingerprint density at radius 1 is 1.11 bits per heavy atom. The van der Waals surface area contributed by atoms with Crippen molar-refractivity contribution in [3.63, 3.8) is 0 Å². The monoisotopic (exact) mass is 758 g/mol. The van der Waals surface area contributed by atoms with Gasteiger partial charge >= 0.3 is 19.7 Å². The van der Waals surface area contributed by atoms with E-state index in [0.29, 0.717) is 31.4 Å². The van der Waals surface area contributed by atoms with Crippen LogP contribution in [-0.2, 0) is 37.6 Å². The van der Waals surface area contributed by atoms with Gasteiger partial charge in [-0.1, -0.05) is 24.3 Å². The van der Waals surface area contributed by atoms with Crippen molar-refractivity contribution in [2.24, 2.45) is 0 Å². The van der Waals surface area contributed by atoms with Crippen LogP contribution in [0.25, 0.3) is 21.9 Å². The molecule has 53 heavy (non-hydrogen) atoms. The van der Waals surface area contributed by atoms with E-state index in [1.807, 2.05) is 6.07 Å². The van der Waals surface area contributed by atoms with Crippen molar-refractivity contribution in [2.75, 3.05) is 39.8 Å². The Kier molecular flexibility index (Phi) is 11.2. The molecular formula is C34H43N6O12P. The number of rotatable bonds is 13. The maximum Gasteiger partial charge on any atom is 0.459 e. The van der Waals surface area contributed by atoms with Gasteiger partial charge in [0.25, 0.3) is 0 Å². The number of aromatic nitrogens is 4. The van der Waals surface area contributed by atoms with Crippen molar-refractivity contribution in [2.45, 2.75) is 75.7 Å². The molecule has 6 rings (SSSR count). The number of aliphatic hydroxyl groups excluding tert-OH is 1.